The van der Waals surface area contributed by atoms with Gasteiger partial charge in [-0.3, -0.25) is 5.10 Å². The van der Waals surface area contributed by atoms with Crippen molar-refractivity contribution in [2.45, 2.75) is 13.0 Å². The van der Waals surface area contributed by atoms with Crippen molar-refractivity contribution in [3.63, 3.8) is 0 Å². The van der Waals surface area contributed by atoms with Gasteiger partial charge < -0.3 is 5.73 Å². The second kappa shape index (κ2) is 5.68. The van der Waals surface area contributed by atoms with E-state index >= 15 is 0 Å². The Morgan fingerprint density at radius 1 is 1.05 bits per heavy atom. The number of nitrogens with zero attached hydrogens (tertiary/aromatic N) is 2. The van der Waals surface area contributed by atoms with Gasteiger partial charge in [0.05, 0.1) is 6.04 Å². The minimum atomic E-state index is -0.353. The molecule has 21 heavy (non-hydrogen) atoms. The first-order chi connectivity index (χ1) is 10.1. The number of halogens is 1. The fraction of sp³-hybridized carbons (Fsp3) is 0.125. The zero-order chi connectivity index (χ0) is 14.8. The maximum Gasteiger partial charge on any atom is 0.181 e. The second-order valence-electron chi connectivity index (χ2n) is 4.94. The van der Waals surface area contributed by atoms with E-state index in [-0.39, 0.29) is 6.04 Å². The maximum atomic E-state index is 6.21. The van der Waals surface area contributed by atoms with Gasteiger partial charge in [0.15, 0.2) is 5.82 Å². The lowest BCUT2D eigenvalue weighted by Gasteiger charge is -2.08. The van der Waals surface area contributed by atoms with Crippen molar-refractivity contribution in [1.82, 2.24) is 15.2 Å². The van der Waals surface area contributed by atoms with E-state index in [1.165, 1.54) is 5.56 Å². The summed E-state index contributed by atoms with van der Waals surface area (Å²) in [6.45, 7) is 2.05. The lowest BCUT2D eigenvalue weighted by Crippen LogP contribution is -2.13. The standard InChI is InChI=1S/C16H15ClN4/c1-10-2-4-12(5-3-10)15-19-16(21-20-15)14(18)11-6-8-13(17)9-7-11/h2-9,14H,18H2,1H3,(H,19,20,21)/t14-/m0/s1. The third-order valence-electron chi connectivity index (χ3n) is 3.34. The molecule has 0 aliphatic rings. The summed E-state index contributed by atoms with van der Waals surface area (Å²) >= 11 is 5.88. The molecule has 4 nitrogen and oxygen atoms in total. The van der Waals surface area contributed by atoms with E-state index in [4.69, 9.17) is 17.3 Å². The number of aromatic amines is 1. The van der Waals surface area contributed by atoms with E-state index in [0.29, 0.717) is 16.7 Å². The first-order valence-corrected chi connectivity index (χ1v) is 7.01. The van der Waals surface area contributed by atoms with E-state index in [1.807, 2.05) is 55.5 Å². The number of aromatic nitrogens is 3. The molecule has 0 unspecified atom stereocenters. The monoisotopic (exact) mass is 298 g/mol. The number of benzene rings is 2. The van der Waals surface area contributed by atoms with Crippen molar-refractivity contribution in [2.24, 2.45) is 5.73 Å². The van der Waals surface area contributed by atoms with Gasteiger partial charge in [-0.1, -0.05) is 53.6 Å². The van der Waals surface area contributed by atoms with Crippen LogP contribution in [0.3, 0.4) is 0 Å². The van der Waals surface area contributed by atoms with Crippen molar-refractivity contribution >= 4 is 11.6 Å². The van der Waals surface area contributed by atoms with Crippen LogP contribution in [0.1, 0.15) is 23.0 Å². The van der Waals surface area contributed by atoms with Crippen LogP contribution in [-0.4, -0.2) is 15.2 Å². The van der Waals surface area contributed by atoms with Gasteiger partial charge in [0.25, 0.3) is 0 Å². The topological polar surface area (TPSA) is 67.6 Å². The molecule has 0 bridgehead atoms. The van der Waals surface area contributed by atoms with Gasteiger partial charge in [0.1, 0.15) is 5.82 Å². The third kappa shape index (κ3) is 2.96. The molecule has 3 rings (SSSR count). The highest BCUT2D eigenvalue weighted by atomic mass is 35.5. The molecular formula is C16H15ClN4. The average molecular weight is 299 g/mol. The molecule has 1 aromatic heterocycles. The molecule has 1 heterocycles. The Labute approximate surface area is 128 Å². The van der Waals surface area contributed by atoms with Crippen LogP contribution in [0.5, 0.6) is 0 Å². The van der Waals surface area contributed by atoms with Crippen LogP contribution in [0, 0.1) is 6.92 Å². The molecule has 2 aromatic carbocycles. The molecule has 0 saturated heterocycles. The lowest BCUT2D eigenvalue weighted by molar-refractivity contribution is 0.787. The molecular weight excluding hydrogens is 284 g/mol. The summed E-state index contributed by atoms with van der Waals surface area (Å²) in [6, 6.07) is 15.1. The second-order valence-corrected chi connectivity index (χ2v) is 5.38. The minimum Gasteiger partial charge on any atom is -0.318 e. The number of nitrogens with one attached hydrogen (secondary N) is 1. The lowest BCUT2D eigenvalue weighted by atomic mass is 10.1. The van der Waals surface area contributed by atoms with Crippen LogP contribution in [0.4, 0.5) is 0 Å². The SMILES string of the molecule is Cc1ccc(-c2n[nH]c([C@@H](N)c3ccc(Cl)cc3)n2)cc1. The van der Waals surface area contributed by atoms with Crippen LogP contribution in [-0.2, 0) is 0 Å². The number of aryl methyl sites for hydroxylation is 1. The van der Waals surface area contributed by atoms with Gasteiger partial charge in [0, 0.05) is 10.6 Å². The van der Waals surface area contributed by atoms with Crippen molar-refractivity contribution in [3.8, 4) is 11.4 Å². The molecule has 0 spiro atoms. The zero-order valence-corrected chi connectivity index (χ0v) is 12.3. The van der Waals surface area contributed by atoms with Gasteiger partial charge in [-0.05, 0) is 24.6 Å². The zero-order valence-electron chi connectivity index (χ0n) is 11.5. The van der Waals surface area contributed by atoms with Gasteiger partial charge in [0.2, 0.25) is 0 Å². The summed E-state index contributed by atoms with van der Waals surface area (Å²) < 4.78 is 0. The fourth-order valence-corrected chi connectivity index (χ4v) is 2.20. The van der Waals surface area contributed by atoms with Gasteiger partial charge >= 0.3 is 0 Å². The van der Waals surface area contributed by atoms with E-state index in [1.54, 1.807) is 0 Å². The van der Waals surface area contributed by atoms with Crippen LogP contribution < -0.4 is 5.73 Å². The summed E-state index contributed by atoms with van der Waals surface area (Å²) in [5.41, 5.74) is 9.31. The van der Waals surface area contributed by atoms with Crippen LogP contribution in [0.25, 0.3) is 11.4 Å². The number of H-pyrrole nitrogens is 1. The van der Waals surface area contributed by atoms with Gasteiger partial charge in [-0.15, -0.1) is 0 Å². The van der Waals surface area contributed by atoms with E-state index in [9.17, 15) is 0 Å². The van der Waals surface area contributed by atoms with Gasteiger partial charge in [-0.2, -0.15) is 5.10 Å². The summed E-state index contributed by atoms with van der Waals surface area (Å²) in [6.07, 6.45) is 0. The normalized spacial score (nSPS) is 12.3. The molecule has 0 fully saturated rings. The van der Waals surface area contributed by atoms with Crippen LogP contribution >= 0.6 is 11.6 Å². The summed E-state index contributed by atoms with van der Waals surface area (Å²) in [5, 5.41) is 7.83. The minimum absolute atomic E-state index is 0.353. The molecule has 3 N–H and O–H groups in total. The number of rotatable bonds is 3. The quantitative estimate of drug-likeness (QED) is 0.778. The molecule has 3 aromatic rings. The molecule has 1 atom stereocenters. The van der Waals surface area contributed by atoms with Crippen molar-refractivity contribution in [3.05, 3.63) is 70.5 Å². The fourth-order valence-electron chi connectivity index (χ4n) is 2.07. The Hall–Kier alpha value is -2.17. The molecule has 0 aliphatic carbocycles. The Bertz CT molecular complexity index is 732. The Morgan fingerprint density at radius 3 is 2.38 bits per heavy atom. The Morgan fingerprint density at radius 2 is 1.71 bits per heavy atom. The molecule has 0 aliphatic heterocycles. The largest absolute Gasteiger partial charge is 0.318 e. The number of nitrogens with two attached hydrogens (primary N) is 1. The van der Waals surface area contributed by atoms with E-state index < -0.39 is 0 Å². The molecule has 0 saturated carbocycles. The van der Waals surface area contributed by atoms with Crippen LogP contribution in [0.15, 0.2) is 48.5 Å². The first-order valence-electron chi connectivity index (χ1n) is 6.64. The highest BCUT2D eigenvalue weighted by molar-refractivity contribution is 6.30. The van der Waals surface area contributed by atoms with E-state index in [2.05, 4.69) is 15.2 Å². The van der Waals surface area contributed by atoms with E-state index in [0.717, 1.165) is 11.1 Å². The van der Waals surface area contributed by atoms with Crippen molar-refractivity contribution in [2.75, 3.05) is 0 Å². The van der Waals surface area contributed by atoms with Crippen LogP contribution in [0.2, 0.25) is 5.02 Å². The Balaban J connectivity index is 1.87. The summed E-state index contributed by atoms with van der Waals surface area (Å²) in [4.78, 5) is 4.48. The third-order valence-corrected chi connectivity index (χ3v) is 3.59. The average Bonchev–Trinajstić information content (AvgIpc) is 2.98. The van der Waals surface area contributed by atoms with Crippen molar-refractivity contribution < 1.29 is 0 Å². The first kappa shape index (κ1) is 13.8. The Kier molecular flexibility index (Phi) is 3.73. The predicted octanol–water partition coefficient (Wildman–Crippen LogP) is 3.48. The number of hydrogen-bond donors (Lipinski definition) is 2. The molecule has 0 amide bonds. The molecule has 0 radical (unpaired) electrons. The highest BCUT2D eigenvalue weighted by Gasteiger charge is 2.14. The predicted molar refractivity (Wildman–Crippen MR) is 84.0 cm³/mol. The maximum absolute atomic E-state index is 6.21. The number of hydrogen-bond acceptors (Lipinski definition) is 3. The smallest absolute Gasteiger partial charge is 0.181 e. The highest BCUT2D eigenvalue weighted by Crippen LogP contribution is 2.21. The molecule has 106 valence electrons. The van der Waals surface area contributed by atoms with Gasteiger partial charge in [-0.25, -0.2) is 4.98 Å². The summed E-state index contributed by atoms with van der Waals surface area (Å²) in [7, 11) is 0. The summed E-state index contributed by atoms with van der Waals surface area (Å²) in [5.74, 6) is 1.28. The van der Waals surface area contributed by atoms with Crippen molar-refractivity contribution in [1.29, 1.82) is 0 Å². The molecule has 5 heteroatoms.